The van der Waals surface area contributed by atoms with Gasteiger partial charge >= 0.3 is 6.18 Å². The smallest absolute Gasteiger partial charge is 0.416 e. The molecule has 0 N–H and O–H groups in total. The van der Waals surface area contributed by atoms with Crippen molar-refractivity contribution in [1.29, 1.82) is 5.26 Å². The first-order valence-electron chi connectivity index (χ1n) is 32.2. The Hall–Kier alpha value is -8.00. The fraction of sp³-hybridized carbons (Fsp3) is 0.366. The minimum absolute atomic E-state index is 0.0992. The minimum Gasteiger partial charge on any atom is -0.496 e. The average molecular weight is 1290 g/mol. The highest BCUT2D eigenvalue weighted by molar-refractivity contribution is 6.31. The number of ether oxygens (including phenoxy) is 1. The SMILES string of the molecule is CC(C)c1ccccc1.CC(C)c1ccccc1C#N.CC(C)c1ccccc1C(F)(F)F.CC(C)c1ccccc1Cl.CC(C)c1ccccc1F.CC(C)c1ncccc1F.CC(C)c1ncccn1.COc1ccccc1C(C)C.Cc1ccccc1C(C)C. The second kappa shape index (κ2) is 45.3. The molecular weight excluding hydrogens is 1190 g/mol. The van der Waals surface area contributed by atoms with Crippen molar-refractivity contribution in [3.63, 3.8) is 0 Å². The second-order valence-corrected chi connectivity index (χ2v) is 25.1. The summed E-state index contributed by atoms with van der Waals surface area (Å²) in [7, 11) is 1.71. The Morgan fingerprint density at radius 1 is 0.387 bits per heavy atom. The third kappa shape index (κ3) is 32.9. The average Bonchev–Trinajstić information content (AvgIpc) is 1.32. The van der Waals surface area contributed by atoms with Crippen molar-refractivity contribution in [1.82, 2.24) is 15.0 Å². The van der Waals surface area contributed by atoms with E-state index in [1.807, 2.05) is 113 Å². The summed E-state index contributed by atoms with van der Waals surface area (Å²) in [4.78, 5) is 12.0. The number of halogens is 6. The van der Waals surface area contributed by atoms with Gasteiger partial charge in [-0.25, -0.2) is 18.7 Å². The van der Waals surface area contributed by atoms with Gasteiger partial charge in [-0.05, 0) is 147 Å². The van der Waals surface area contributed by atoms with Gasteiger partial charge < -0.3 is 4.74 Å². The molecule has 0 atom stereocenters. The van der Waals surface area contributed by atoms with Crippen LogP contribution in [0.2, 0.25) is 5.02 Å². The van der Waals surface area contributed by atoms with E-state index in [1.165, 1.54) is 52.1 Å². The summed E-state index contributed by atoms with van der Waals surface area (Å²) in [6.07, 6.45) is 0.907. The van der Waals surface area contributed by atoms with Gasteiger partial charge in [-0.15, -0.1) is 0 Å². The van der Waals surface area contributed by atoms with Gasteiger partial charge in [0.25, 0.3) is 0 Å². The van der Waals surface area contributed by atoms with Crippen LogP contribution in [0.4, 0.5) is 22.0 Å². The van der Waals surface area contributed by atoms with Crippen LogP contribution in [0.3, 0.4) is 0 Å². The van der Waals surface area contributed by atoms with E-state index >= 15 is 0 Å². The standard InChI is InChI=1S/C10H11F3.C10H11N.C10H14O.C10H14.C9H11Cl.C9H11F.C9H12.C8H10FN.C7H10N2/c1-7(2)8-5-3-4-6-9(8)10(11,12)13;1-8(2)10-6-4-3-5-9(10)7-11;1-8(2)9-6-4-5-7-10(9)11-3;1-8(2)10-7-5-4-6-9(10)3;2*1-7(2)8-5-3-4-6-9(8)10;1-8(2)9-6-4-3-5-7-9;1-6(2)8-7(9)4-3-5-10-8;1-6(2)7-8-4-3-5-9-7/h3-7H,1-2H3;3-6,8H,1-2H3;4-8H,1-3H3;4-8H,1-3H3;2*3-7H,1-2H3;3-8H,1-2H3;3-6H,1-2H3;3-6H,1-2H3. The molecule has 0 radical (unpaired) electrons. The molecule has 0 aliphatic heterocycles. The molecule has 2 heterocycles. The fourth-order valence-corrected chi connectivity index (χ4v) is 9.25. The number of nitrogens with zero attached hydrogens (tertiary/aromatic N) is 4. The lowest BCUT2D eigenvalue weighted by Crippen LogP contribution is -2.09. The number of aryl methyl sites for hydroxylation is 1. The van der Waals surface area contributed by atoms with Gasteiger partial charge in [-0.3, -0.25) is 4.98 Å². The summed E-state index contributed by atoms with van der Waals surface area (Å²) in [5.74, 6) is 5.18. The largest absolute Gasteiger partial charge is 0.496 e. The Morgan fingerprint density at radius 2 is 0.796 bits per heavy atom. The van der Waals surface area contributed by atoms with E-state index in [9.17, 15) is 22.0 Å². The topological polar surface area (TPSA) is 71.7 Å². The number of pyridine rings is 1. The molecule has 5 nitrogen and oxygen atoms in total. The maximum atomic E-state index is 12.8. The van der Waals surface area contributed by atoms with E-state index in [1.54, 1.807) is 57.7 Å². The van der Waals surface area contributed by atoms with Crippen LogP contribution in [0.5, 0.6) is 5.75 Å². The molecule has 93 heavy (non-hydrogen) atoms. The molecule has 0 saturated heterocycles. The van der Waals surface area contributed by atoms with Gasteiger partial charge in [-0.2, -0.15) is 18.4 Å². The number of alkyl halides is 3. The van der Waals surface area contributed by atoms with Crippen molar-refractivity contribution in [3.8, 4) is 11.8 Å². The predicted octanol–water partition coefficient (Wildman–Crippen LogP) is 25.6. The van der Waals surface area contributed by atoms with E-state index in [0.29, 0.717) is 46.8 Å². The Bertz CT molecular complexity index is 3220. The summed E-state index contributed by atoms with van der Waals surface area (Å²) in [5, 5.41) is 9.59. The van der Waals surface area contributed by atoms with Crippen LogP contribution in [0.25, 0.3) is 0 Å². The second-order valence-electron chi connectivity index (χ2n) is 24.7. The number of methoxy groups -OCH3 is 1. The molecule has 9 aromatic rings. The maximum Gasteiger partial charge on any atom is 0.416 e. The highest BCUT2D eigenvalue weighted by Crippen LogP contribution is 2.35. The molecule has 0 bridgehead atoms. The first-order chi connectivity index (χ1) is 43.9. The minimum atomic E-state index is -4.24. The summed E-state index contributed by atoms with van der Waals surface area (Å²) in [6.45, 7) is 39.3. The normalized spacial score (nSPS) is 10.5. The Morgan fingerprint density at radius 3 is 1.14 bits per heavy atom. The zero-order valence-corrected chi connectivity index (χ0v) is 59.6. The van der Waals surface area contributed by atoms with Crippen molar-refractivity contribution < 1.29 is 26.7 Å². The van der Waals surface area contributed by atoms with Crippen molar-refractivity contribution in [2.45, 2.75) is 191 Å². The van der Waals surface area contributed by atoms with Gasteiger partial charge in [0.05, 0.1) is 30.0 Å². The van der Waals surface area contributed by atoms with Gasteiger partial charge in [0, 0.05) is 29.5 Å². The van der Waals surface area contributed by atoms with Gasteiger partial charge in [0.15, 0.2) is 0 Å². The molecule has 9 rings (SSSR count). The molecule has 0 fully saturated rings. The summed E-state index contributed by atoms with van der Waals surface area (Å²) >= 11 is 5.92. The van der Waals surface area contributed by atoms with Gasteiger partial charge in [-0.1, -0.05) is 282 Å². The van der Waals surface area contributed by atoms with E-state index in [0.717, 1.165) is 39.4 Å². The monoisotopic (exact) mass is 1290 g/mol. The Kier molecular flexibility index (Phi) is 40.5. The molecule has 0 aliphatic carbocycles. The lowest BCUT2D eigenvalue weighted by Gasteiger charge is -2.14. The summed E-state index contributed by atoms with van der Waals surface area (Å²) in [6, 6.07) is 62.5. The highest BCUT2D eigenvalue weighted by atomic mass is 35.5. The van der Waals surface area contributed by atoms with Gasteiger partial charge in [0.1, 0.15) is 23.2 Å². The molecular formula is C82H104ClF5N4O. The number of hydrogen-bond acceptors (Lipinski definition) is 5. The number of nitriles is 1. The third-order valence-corrected chi connectivity index (χ3v) is 14.5. The van der Waals surface area contributed by atoms with Crippen LogP contribution >= 0.6 is 11.6 Å². The van der Waals surface area contributed by atoms with Crippen LogP contribution in [0, 0.1) is 29.9 Å². The number of rotatable bonds is 10. The number of hydrogen-bond donors (Lipinski definition) is 0. The number of aromatic nitrogens is 3. The Balaban J connectivity index is 0.000000524. The first-order valence-corrected chi connectivity index (χ1v) is 32.5. The maximum absolute atomic E-state index is 12.8. The number of benzene rings is 7. The van der Waals surface area contributed by atoms with Crippen molar-refractivity contribution in [2.75, 3.05) is 7.11 Å². The van der Waals surface area contributed by atoms with Crippen LogP contribution < -0.4 is 4.74 Å². The zero-order chi connectivity index (χ0) is 70.2. The van der Waals surface area contributed by atoms with Crippen LogP contribution in [0.15, 0.2) is 213 Å². The van der Waals surface area contributed by atoms with Crippen molar-refractivity contribution in [2.24, 2.45) is 0 Å². The quantitative estimate of drug-likeness (QED) is 0.128. The molecule has 7 aromatic carbocycles. The van der Waals surface area contributed by atoms with Crippen LogP contribution in [0.1, 0.15) is 245 Å². The molecule has 2 aromatic heterocycles. The van der Waals surface area contributed by atoms with Gasteiger partial charge in [0.2, 0.25) is 0 Å². The molecule has 0 spiro atoms. The molecule has 11 heteroatoms. The fourth-order valence-electron chi connectivity index (χ4n) is 8.89. The third-order valence-electron chi connectivity index (χ3n) is 14.1. The Labute approximate surface area is 562 Å². The molecule has 0 aliphatic rings. The van der Waals surface area contributed by atoms with E-state index < -0.39 is 11.7 Å². The molecule has 0 amide bonds. The van der Waals surface area contributed by atoms with Crippen LogP contribution in [-0.4, -0.2) is 22.1 Å². The highest BCUT2D eigenvalue weighted by Gasteiger charge is 2.33. The van der Waals surface area contributed by atoms with Crippen molar-refractivity contribution in [3.05, 3.63) is 297 Å². The lowest BCUT2D eigenvalue weighted by atomic mass is 9.97. The van der Waals surface area contributed by atoms with Crippen molar-refractivity contribution >= 4 is 11.6 Å². The molecule has 500 valence electrons. The van der Waals surface area contributed by atoms with Crippen LogP contribution in [-0.2, 0) is 6.18 Å². The molecule has 0 unspecified atom stereocenters. The number of para-hydroxylation sites is 1. The zero-order valence-electron chi connectivity index (χ0n) is 58.9. The van der Waals surface area contributed by atoms with E-state index in [-0.39, 0.29) is 29.4 Å². The summed E-state index contributed by atoms with van der Waals surface area (Å²) < 4.78 is 68.1. The molecule has 0 saturated carbocycles. The summed E-state index contributed by atoms with van der Waals surface area (Å²) in [5.41, 5.74) is 9.87. The van der Waals surface area contributed by atoms with E-state index in [4.69, 9.17) is 21.6 Å². The van der Waals surface area contributed by atoms with E-state index in [2.05, 4.69) is 172 Å². The first kappa shape index (κ1) is 83.0. The lowest BCUT2D eigenvalue weighted by molar-refractivity contribution is -0.138. The predicted molar refractivity (Wildman–Crippen MR) is 384 cm³/mol.